The molecule has 4 rings (SSSR count). The van der Waals surface area contributed by atoms with Crippen LogP contribution < -0.4 is 9.47 Å². The number of ether oxygens (including phenoxy) is 3. The van der Waals surface area contributed by atoms with Gasteiger partial charge in [0.25, 0.3) is 0 Å². The standard InChI is InChI=1S/C45H54O8/c1-2-3-4-5-6-7-8-9-10-11-12-13-20-25-43(48)53-38(32-51-36-26-28-39(41(46)30-36)44(49)34-21-16-14-17-22-34)33-52-37-27-29-40(42(47)31-37)45(50)35-23-18-15-19-24-35/h14-19,21-24,26-31,38,46-47H,2-13,20,25,32-33H2,1H3. The molecule has 0 saturated carbocycles. The van der Waals surface area contributed by atoms with Crippen molar-refractivity contribution in [1.29, 1.82) is 0 Å². The lowest BCUT2D eigenvalue weighted by atomic mass is 10.0. The normalized spacial score (nSPS) is 11.0. The second kappa shape index (κ2) is 22.7. The van der Waals surface area contributed by atoms with Crippen molar-refractivity contribution in [2.75, 3.05) is 13.2 Å². The number of carbonyl (C=O) groups excluding carboxylic acids is 3. The molecule has 0 aliphatic rings. The molecular weight excluding hydrogens is 668 g/mol. The minimum absolute atomic E-state index is 0.0910. The van der Waals surface area contributed by atoms with Gasteiger partial charge >= 0.3 is 5.97 Å². The maximum absolute atomic E-state index is 12.9. The van der Waals surface area contributed by atoms with E-state index in [0.717, 1.165) is 19.3 Å². The lowest BCUT2D eigenvalue weighted by molar-refractivity contribution is -0.152. The molecule has 0 unspecified atom stereocenters. The highest BCUT2D eigenvalue weighted by Crippen LogP contribution is 2.28. The van der Waals surface area contributed by atoms with E-state index in [-0.39, 0.29) is 71.3 Å². The van der Waals surface area contributed by atoms with Gasteiger partial charge < -0.3 is 24.4 Å². The Bertz CT molecular complexity index is 1600. The van der Waals surface area contributed by atoms with Crippen molar-refractivity contribution in [3.8, 4) is 23.0 Å². The topological polar surface area (TPSA) is 119 Å². The fraction of sp³-hybridized carbons (Fsp3) is 0.400. The van der Waals surface area contributed by atoms with Gasteiger partial charge in [0.2, 0.25) is 0 Å². The van der Waals surface area contributed by atoms with Crippen LogP contribution in [0.15, 0.2) is 97.1 Å². The minimum Gasteiger partial charge on any atom is -0.507 e. The van der Waals surface area contributed by atoms with E-state index in [0.29, 0.717) is 11.1 Å². The summed E-state index contributed by atoms with van der Waals surface area (Å²) in [5, 5.41) is 21.3. The van der Waals surface area contributed by atoms with Gasteiger partial charge in [-0.3, -0.25) is 14.4 Å². The van der Waals surface area contributed by atoms with E-state index in [1.807, 2.05) is 12.1 Å². The highest BCUT2D eigenvalue weighted by Gasteiger charge is 2.20. The molecule has 282 valence electrons. The molecule has 0 amide bonds. The van der Waals surface area contributed by atoms with Gasteiger partial charge in [0, 0.05) is 29.7 Å². The van der Waals surface area contributed by atoms with Crippen molar-refractivity contribution >= 4 is 17.5 Å². The Morgan fingerprint density at radius 3 is 1.32 bits per heavy atom. The second-order valence-electron chi connectivity index (χ2n) is 13.5. The van der Waals surface area contributed by atoms with E-state index in [2.05, 4.69) is 6.92 Å². The van der Waals surface area contributed by atoms with Crippen LogP contribution in [0.1, 0.15) is 129 Å². The van der Waals surface area contributed by atoms with Crippen LogP contribution in [0.25, 0.3) is 0 Å². The third-order valence-corrected chi connectivity index (χ3v) is 9.15. The molecule has 0 aliphatic heterocycles. The zero-order chi connectivity index (χ0) is 37.7. The van der Waals surface area contributed by atoms with Crippen molar-refractivity contribution in [2.45, 2.75) is 103 Å². The van der Waals surface area contributed by atoms with Crippen molar-refractivity contribution in [2.24, 2.45) is 0 Å². The second-order valence-corrected chi connectivity index (χ2v) is 13.5. The predicted molar refractivity (Wildman–Crippen MR) is 207 cm³/mol. The van der Waals surface area contributed by atoms with Crippen molar-refractivity contribution in [3.63, 3.8) is 0 Å². The molecule has 4 aromatic carbocycles. The lowest BCUT2D eigenvalue weighted by Gasteiger charge is -2.20. The summed E-state index contributed by atoms with van der Waals surface area (Å²) >= 11 is 0. The zero-order valence-corrected chi connectivity index (χ0v) is 31.0. The van der Waals surface area contributed by atoms with Crippen molar-refractivity contribution in [1.82, 2.24) is 0 Å². The highest BCUT2D eigenvalue weighted by molar-refractivity contribution is 6.11. The molecule has 0 atom stereocenters. The quantitative estimate of drug-likeness (QED) is 0.0394. The summed E-state index contributed by atoms with van der Waals surface area (Å²) in [6.07, 6.45) is 15.2. The molecule has 2 N–H and O–H groups in total. The maximum atomic E-state index is 12.9. The number of hydrogen-bond donors (Lipinski definition) is 2. The molecule has 0 fully saturated rings. The van der Waals surface area contributed by atoms with Gasteiger partial charge in [-0.15, -0.1) is 0 Å². The van der Waals surface area contributed by atoms with Gasteiger partial charge in [-0.1, -0.05) is 145 Å². The molecule has 0 aromatic heterocycles. The number of phenolic OH excluding ortho intramolecular Hbond substituents is 2. The largest absolute Gasteiger partial charge is 0.507 e. The Morgan fingerprint density at radius 2 is 0.925 bits per heavy atom. The molecule has 0 saturated heterocycles. The first kappa shape index (κ1) is 40.7. The monoisotopic (exact) mass is 722 g/mol. The highest BCUT2D eigenvalue weighted by atomic mass is 16.6. The van der Waals surface area contributed by atoms with E-state index in [4.69, 9.17) is 14.2 Å². The molecule has 4 aromatic rings. The fourth-order valence-electron chi connectivity index (χ4n) is 6.10. The lowest BCUT2D eigenvalue weighted by Crippen LogP contribution is -2.31. The molecule has 53 heavy (non-hydrogen) atoms. The number of ketones is 2. The van der Waals surface area contributed by atoms with Gasteiger partial charge in [0.15, 0.2) is 17.7 Å². The molecule has 0 bridgehead atoms. The van der Waals surface area contributed by atoms with Crippen LogP contribution in [0, 0.1) is 0 Å². The van der Waals surface area contributed by atoms with Crippen LogP contribution in [0.5, 0.6) is 23.0 Å². The molecule has 8 heteroatoms. The molecule has 8 nitrogen and oxygen atoms in total. The fourth-order valence-corrected chi connectivity index (χ4v) is 6.10. The van der Waals surface area contributed by atoms with Crippen LogP contribution in [-0.2, 0) is 9.53 Å². The average molecular weight is 723 g/mol. The first-order valence-electron chi connectivity index (χ1n) is 19.2. The molecule has 0 spiro atoms. The summed E-state index contributed by atoms with van der Waals surface area (Å²) in [5.41, 5.74) is 1.18. The van der Waals surface area contributed by atoms with Gasteiger partial charge in [-0.2, -0.15) is 0 Å². The van der Waals surface area contributed by atoms with E-state index in [1.165, 1.54) is 88.5 Å². The van der Waals surface area contributed by atoms with Crippen LogP contribution in [0.3, 0.4) is 0 Å². The van der Waals surface area contributed by atoms with E-state index in [9.17, 15) is 24.6 Å². The Hall–Kier alpha value is -5.11. The van der Waals surface area contributed by atoms with Gasteiger partial charge in [0.1, 0.15) is 36.2 Å². The van der Waals surface area contributed by atoms with Gasteiger partial charge in [0.05, 0.1) is 11.1 Å². The summed E-state index contributed by atoms with van der Waals surface area (Å²) in [5.74, 6) is -0.903. The van der Waals surface area contributed by atoms with Gasteiger partial charge in [-0.25, -0.2) is 0 Å². The minimum atomic E-state index is -0.829. The number of unbranched alkanes of at least 4 members (excludes halogenated alkanes) is 12. The number of aromatic hydroxyl groups is 2. The number of carbonyl (C=O) groups is 3. The first-order valence-corrected chi connectivity index (χ1v) is 19.2. The van der Waals surface area contributed by atoms with Crippen molar-refractivity contribution in [3.05, 3.63) is 119 Å². The Labute approximate surface area is 314 Å². The molecule has 0 heterocycles. The third kappa shape index (κ3) is 14.1. The predicted octanol–water partition coefficient (Wildman–Crippen LogP) is 10.4. The molecular formula is C45H54O8. The van der Waals surface area contributed by atoms with Gasteiger partial charge in [-0.05, 0) is 30.7 Å². The first-order chi connectivity index (χ1) is 25.9. The molecule has 0 radical (unpaired) electrons. The van der Waals surface area contributed by atoms with E-state index < -0.39 is 6.10 Å². The number of benzene rings is 4. The summed E-state index contributed by atoms with van der Waals surface area (Å²) < 4.78 is 17.6. The number of hydrogen-bond acceptors (Lipinski definition) is 8. The zero-order valence-electron chi connectivity index (χ0n) is 31.0. The summed E-state index contributed by atoms with van der Waals surface area (Å²) in [4.78, 5) is 38.6. The Kier molecular flexibility index (Phi) is 17.4. The summed E-state index contributed by atoms with van der Waals surface area (Å²) in [6.45, 7) is 2.06. The Balaban J connectivity index is 1.28. The average Bonchev–Trinajstić information content (AvgIpc) is 3.18. The Morgan fingerprint density at radius 1 is 0.528 bits per heavy atom. The van der Waals surface area contributed by atoms with E-state index >= 15 is 0 Å². The van der Waals surface area contributed by atoms with Crippen LogP contribution in [-0.4, -0.2) is 47.1 Å². The van der Waals surface area contributed by atoms with Crippen LogP contribution in [0.2, 0.25) is 0 Å². The molecule has 0 aliphatic carbocycles. The SMILES string of the molecule is CCCCCCCCCCCCCCCC(=O)OC(COc1ccc(C(=O)c2ccccc2)c(O)c1)COc1ccc(C(=O)c2ccccc2)c(O)c1. The van der Waals surface area contributed by atoms with Crippen LogP contribution in [0.4, 0.5) is 0 Å². The van der Waals surface area contributed by atoms with Crippen LogP contribution >= 0.6 is 0 Å². The number of phenols is 2. The maximum Gasteiger partial charge on any atom is 0.306 e. The summed E-state index contributed by atoms with van der Waals surface area (Å²) in [7, 11) is 0. The number of rotatable bonds is 25. The summed E-state index contributed by atoms with van der Waals surface area (Å²) in [6, 6.07) is 26.2. The van der Waals surface area contributed by atoms with E-state index in [1.54, 1.807) is 60.7 Å². The van der Waals surface area contributed by atoms with Crippen molar-refractivity contribution < 1.29 is 38.8 Å². The third-order valence-electron chi connectivity index (χ3n) is 9.15. The smallest absolute Gasteiger partial charge is 0.306 e. The number of esters is 1.